The maximum absolute atomic E-state index is 12.4. The molecule has 0 aromatic carbocycles. The normalized spacial score (nSPS) is 64.0. The molecule has 4 aliphatic carbocycles. The van der Waals surface area contributed by atoms with E-state index in [-0.39, 0.29) is 5.97 Å². The number of carbonyl (C=O) groups is 1. The Kier molecular flexibility index (Phi) is 2.39. The Hall–Kier alpha value is -0.570. The van der Waals surface area contributed by atoms with E-state index < -0.39 is 0 Å². The van der Waals surface area contributed by atoms with Crippen LogP contribution in [0.1, 0.15) is 64.7 Å². The number of hydrogen-bond donors (Lipinski definition) is 0. The Balaban J connectivity index is 1.54. The smallest absolute Gasteiger partial charge is 0.305 e. The van der Waals surface area contributed by atoms with E-state index in [1.807, 2.05) is 0 Å². The highest BCUT2D eigenvalue weighted by molar-refractivity contribution is 5.70. The SMILES string of the molecule is C[C@@H]1CN2[C@H]3[C@@H]1CC[C@]14COC(=O)CC[C@]31[C@@H]1CCC[C@@]13CC[C@@H]4[C@@H]23. The van der Waals surface area contributed by atoms with E-state index in [0.717, 1.165) is 48.8 Å². The number of rotatable bonds is 0. The van der Waals surface area contributed by atoms with Gasteiger partial charge in [-0.3, -0.25) is 9.69 Å². The van der Waals surface area contributed by atoms with Gasteiger partial charge in [-0.15, -0.1) is 0 Å². The summed E-state index contributed by atoms with van der Waals surface area (Å²) < 4.78 is 5.95. The van der Waals surface area contributed by atoms with Crippen LogP contribution < -0.4 is 0 Å². The zero-order chi connectivity index (χ0) is 16.6. The van der Waals surface area contributed by atoms with Crippen molar-refractivity contribution < 1.29 is 9.53 Å². The molecule has 4 aliphatic heterocycles. The maximum Gasteiger partial charge on any atom is 0.305 e. The van der Waals surface area contributed by atoms with Crippen molar-refractivity contribution in [2.75, 3.05) is 13.2 Å². The molecule has 8 fully saturated rings. The molecule has 0 N–H and O–H groups in total. The number of piperidine rings is 2. The number of esters is 1. The molecule has 6 bridgehead atoms. The van der Waals surface area contributed by atoms with Crippen LogP contribution in [-0.2, 0) is 9.53 Å². The van der Waals surface area contributed by atoms with Gasteiger partial charge in [-0.05, 0) is 79.4 Å². The van der Waals surface area contributed by atoms with Gasteiger partial charge in [-0.2, -0.15) is 0 Å². The Labute approximate surface area is 150 Å². The summed E-state index contributed by atoms with van der Waals surface area (Å²) in [5.41, 5.74) is 1.35. The van der Waals surface area contributed by atoms with Crippen molar-refractivity contribution >= 4 is 5.97 Å². The molecule has 8 aliphatic rings. The van der Waals surface area contributed by atoms with Gasteiger partial charge in [0.2, 0.25) is 0 Å². The van der Waals surface area contributed by atoms with E-state index in [1.54, 1.807) is 0 Å². The third-order valence-corrected chi connectivity index (χ3v) is 11.0. The van der Waals surface area contributed by atoms with E-state index in [4.69, 9.17) is 4.74 Å². The fraction of sp³-hybridized carbons (Fsp3) is 0.955. The molecule has 3 nitrogen and oxygen atoms in total. The number of cyclic esters (lactones) is 1. The van der Waals surface area contributed by atoms with Gasteiger partial charge in [0, 0.05) is 30.5 Å². The Morgan fingerprint density at radius 1 is 1.08 bits per heavy atom. The molecular formula is C22H31NO2. The summed E-state index contributed by atoms with van der Waals surface area (Å²) >= 11 is 0. The number of hydrogen-bond acceptors (Lipinski definition) is 3. The number of ether oxygens (including phenoxy) is 1. The van der Waals surface area contributed by atoms with Crippen molar-refractivity contribution in [3.63, 3.8) is 0 Å². The van der Waals surface area contributed by atoms with Crippen molar-refractivity contribution in [3.8, 4) is 0 Å². The van der Waals surface area contributed by atoms with Crippen molar-refractivity contribution in [3.05, 3.63) is 0 Å². The summed E-state index contributed by atoms with van der Waals surface area (Å²) in [7, 11) is 0. The lowest BCUT2D eigenvalue weighted by molar-refractivity contribution is -0.292. The van der Waals surface area contributed by atoms with Gasteiger partial charge in [0.15, 0.2) is 0 Å². The highest BCUT2D eigenvalue weighted by Gasteiger charge is 2.84. The van der Waals surface area contributed by atoms with Crippen LogP contribution in [0.15, 0.2) is 0 Å². The number of nitrogens with zero attached hydrogens (tertiary/aromatic N) is 1. The van der Waals surface area contributed by atoms with Crippen molar-refractivity contribution in [2.24, 2.45) is 39.9 Å². The minimum atomic E-state index is 0.102. The second kappa shape index (κ2) is 4.13. The monoisotopic (exact) mass is 341 g/mol. The Bertz CT molecular complexity index is 677. The average molecular weight is 341 g/mol. The zero-order valence-electron chi connectivity index (χ0n) is 15.5. The molecule has 4 saturated carbocycles. The third-order valence-electron chi connectivity index (χ3n) is 11.0. The molecule has 0 amide bonds. The maximum atomic E-state index is 12.4. The fourth-order valence-corrected chi connectivity index (χ4v) is 10.8. The van der Waals surface area contributed by atoms with Gasteiger partial charge in [-0.25, -0.2) is 0 Å². The topological polar surface area (TPSA) is 29.5 Å². The van der Waals surface area contributed by atoms with E-state index >= 15 is 0 Å². The predicted molar refractivity (Wildman–Crippen MR) is 93.7 cm³/mol. The van der Waals surface area contributed by atoms with Crippen LogP contribution in [0.2, 0.25) is 0 Å². The molecule has 9 atom stereocenters. The van der Waals surface area contributed by atoms with Crippen LogP contribution in [0.5, 0.6) is 0 Å². The minimum Gasteiger partial charge on any atom is -0.465 e. The largest absolute Gasteiger partial charge is 0.465 e. The Morgan fingerprint density at radius 2 is 2.00 bits per heavy atom. The van der Waals surface area contributed by atoms with Gasteiger partial charge in [-0.1, -0.05) is 13.3 Å². The first-order valence-electron chi connectivity index (χ1n) is 11.1. The summed E-state index contributed by atoms with van der Waals surface area (Å²) in [4.78, 5) is 15.4. The van der Waals surface area contributed by atoms with E-state index in [0.29, 0.717) is 22.7 Å². The van der Waals surface area contributed by atoms with E-state index in [9.17, 15) is 4.79 Å². The first-order chi connectivity index (χ1) is 12.1. The number of carbonyl (C=O) groups excluding carboxylic acids is 1. The van der Waals surface area contributed by atoms with E-state index in [1.165, 1.54) is 51.5 Å². The van der Waals surface area contributed by atoms with Crippen LogP contribution in [0.4, 0.5) is 0 Å². The molecule has 0 unspecified atom stereocenters. The average Bonchev–Trinajstić information content (AvgIpc) is 3.26. The molecular weight excluding hydrogens is 310 g/mol. The molecule has 2 spiro atoms. The first kappa shape index (κ1) is 14.5. The van der Waals surface area contributed by atoms with Gasteiger partial charge < -0.3 is 4.74 Å². The molecule has 4 saturated heterocycles. The van der Waals surface area contributed by atoms with Gasteiger partial charge in [0.25, 0.3) is 0 Å². The van der Waals surface area contributed by atoms with Crippen LogP contribution in [0.25, 0.3) is 0 Å². The van der Waals surface area contributed by atoms with Gasteiger partial charge in [0.05, 0.1) is 6.61 Å². The molecule has 0 radical (unpaired) electrons. The fourth-order valence-electron chi connectivity index (χ4n) is 10.8. The summed E-state index contributed by atoms with van der Waals surface area (Å²) in [6.45, 7) is 4.64. The lowest BCUT2D eigenvalue weighted by Crippen LogP contribution is -2.80. The quantitative estimate of drug-likeness (QED) is 0.630. The van der Waals surface area contributed by atoms with E-state index in [2.05, 4.69) is 11.8 Å². The third kappa shape index (κ3) is 1.23. The van der Waals surface area contributed by atoms with Crippen molar-refractivity contribution in [1.29, 1.82) is 0 Å². The van der Waals surface area contributed by atoms with Crippen LogP contribution in [-0.4, -0.2) is 36.1 Å². The summed E-state index contributed by atoms with van der Waals surface area (Å²) in [5, 5.41) is 0. The highest BCUT2D eigenvalue weighted by atomic mass is 16.5. The molecule has 4 heterocycles. The zero-order valence-corrected chi connectivity index (χ0v) is 15.5. The summed E-state index contributed by atoms with van der Waals surface area (Å²) in [5.74, 6) is 3.56. The molecule has 0 aromatic heterocycles. The molecule has 3 heteroatoms. The second-order valence-corrected chi connectivity index (χ2v) is 10.9. The molecule has 25 heavy (non-hydrogen) atoms. The van der Waals surface area contributed by atoms with Crippen LogP contribution in [0.3, 0.4) is 0 Å². The standard InChI is InChI=1S/C22H31NO2/c1-13-11-23-18-14(13)4-9-21-12-25-17(24)6-10-22(18,21)16-3-2-7-20(16)8-5-15(21)19(20)23/h13-16,18-19H,2-12H2,1H3/t13-,14-,15-,16-,18+,19-,20-,21-,22+/m1/s1. The molecule has 8 rings (SSSR count). The first-order valence-corrected chi connectivity index (χ1v) is 11.1. The van der Waals surface area contributed by atoms with Crippen LogP contribution >= 0.6 is 0 Å². The molecule has 0 aromatic rings. The van der Waals surface area contributed by atoms with Gasteiger partial charge >= 0.3 is 5.97 Å². The lowest BCUT2D eigenvalue weighted by atomic mass is 9.34. The summed E-state index contributed by atoms with van der Waals surface area (Å²) in [6, 6.07) is 1.61. The van der Waals surface area contributed by atoms with Gasteiger partial charge in [0.1, 0.15) is 0 Å². The lowest BCUT2D eigenvalue weighted by Gasteiger charge is -2.76. The molecule has 136 valence electrons. The summed E-state index contributed by atoms with van der Waals surface area (Å²) in [6.07, 6.45) is 11.9. The minimum absolute atomic E-state index is 0.102. The Morgan fingerprint density at radius 3 is 2.92 bits per heavy atom. The second-order valence-electron chi connectivity index (χ2n) is 10.9. The van der Waals surface area contributed by atoms with Crippen molar-refractivity contribution in [2.45, 2.75) is 76.8 Å². The van der Waals surface area contributed by atoms with Crippen LogP contribution in [0, 0.1) is 39.9 Å². The van der Waals surface area contributed by atoms with Crippen molar-refractivity contribution in [1.82, 2.24) is 4.90 Å². The highest BCUT2D eigenvalue weighted by Crippen LogP contribution is 2.84. The predicted octanol–water partition coefficient (Wildman–Crippen LogP) is 3.62.